The van der Waals surface area contributed by atoms with E-state index in [0.29, 0.717) is 99.2 Å². The van der Waals surface area contributed by atoms with Crippen LogP contribution in [0.1, 0.15) is 57.8 Å². The van der Waals surface area contributed by atoms with E-state index >= 15 is 0 Å². The third-order valence-electron chi connectivity index (χ3n) is 15.1. The van der Waals surface area contributed by atoms with E-state index in [0.717, 1.165) is 60.3 Å². The maximum Gasteiger partial charge on any atom is 0.544 e. The van der Waals surface area contributed by atoms with Crippen LogP contribution in [-0.4, -0.2) is 139 Å². The summed E-state index contributed by atoms with van der Waals surface area (Å²) in [6.45, 7) is 15.8. The molecule has 31 nitrogen and oxygen atoms in total. The van der Waals surface area contributed by atoms with Crippen LogP contribution < -0.4 is 77.9 Å². The molecule has 546 valence electrons. The minimum absolute atomic E-state index is 0.0179. The molecule has 0 spiro atoms. The highest BCUT2D eigenvalue weighted by molar-refractivity contribution is 7.53. The van der Waals surface area contributed by atoms with Gasteiger partial charge in [-0.2, -0.15) is 5.26 Å². The average Bonchev–Trinajstić information content (AvgIpc) is 0.870. The van der Waals surface area contributed by atoms with E-state index in [1.165, 1.54) is 23.6 Å². The van der Waals surface area contributed by atoms with Crippen molar-refractivity contribution in [2.75, 3.05) is 110 Å². The number of amides is 3. The molecule has 11 rings (SSSR count). The monoisotopic (exact) mass is 1440 g/mol. The van der Waals surface area contributed by atoms with E-state index in [1.54, 1.807) is 54.7 Å². The highest BCUT2D eigenvalue weighted by Gasteiger charge is 2.30. The fraction of sp³-hybridized carbons (Fsp3) is 0.260. The van der Waals surface area contributed by atoms with Gasteiger partial charge in [-0.3, -0.25) is 20.7 Å². The molecule has 13 N–H and O–H groups in total. The Bertz CT molecular complexity index is 4350. The second-order valence-corrected chi connectivity index (χ2v) is 25.0. The Morgan fingerprint density at radius 2 is 0.848 bits per heavy atom. The number of guanidine groups is 3. The molecule has 105 heavy (non-hydrogen) atoms. The molecule has 0 saturated carbocycles. The smallest absolute Gasteiger partial charge is 0.400 e. The number of aliphatic imine (C=N–C) groups is 3. The maximum absolute atomic E-state index is 13.8. The van der Waals surface area contributed by atoms with Crippen LogP contribution in [0.15, 0.2) is 185 Å². The van der Waals surface area contributed by atoms with Crippen LogP contribution in [-0.2, 0) is 43.2 Å². The van der Waals surface area contributed by atoms with Gasteiger partial charge in [-0.05, 0) is 80.0 Å². The summed E-state index contributed by atoms with van der Waals surface area (Å²) < 4.78 is 41.6. The van der Waals surface area contributed by atoms with Crippen LogP contribution in [0.2, 0.25) is 0 Å². The molecule has 0 bridgehead atoms. The first-order valence-corrected chi connectivity index (χ1v) is 35.1. The Hall–Kier alpha value is -12.5. The van der Waals surface area contributed by atoms with Gasteiger partial charge in [0.25, 0.3) is 0 Å². The zero-order valence-corrected chi connectivity index (χ0v) is 59.7. The number of carbonyl (C=O) groups excluding carboxylic acids is 2. The molecule has 0 radical (unpaired) electrons. The molecule has 0 aliphatic carbocycles. The number of hydrogen-bond acceptors (Lipinski definition) is 24. The second kappa shape index (κ2) is 40.2. The zero-order valence-electron chi connectivity index (χ0n) is 58.8. The van der Waals surface area contributed by atoms with Crippen LogP contribution in [0.25, 0.3) is 18.2 Å². The number of rotatable bonds is 23. The van der Waals surface area contributed by atoms with Gasteiger partial charge in [-0.15, -0.1) is 0 Å². The molecule has 5 aromatic carbocycles. The highest BCUT2D eigenvalue weighted by atomic mass is 31.2. The lowest BCUT2D eigenvalue weighted by atomic mass is 10.1. The van der Waals surface area contributed by atoms with E-state index in [9.17, 15) is 14.2 Å². The van der Waals surface area contributed by atoms with Gasteiger partial charge >= 0.3 is 13.8 Å². The summed E-state index contributed by atoms with van der Waals surface area (Å²) in [5.74, 6) is 5.61. The van der Waals surface area contributed by atoms with E-state index in [1.807, 2.05) is 110 Å². The minimum Gasteiger partial charge on any atom is -0.400 e. The van der Waals surface area contributed by atoms with E-state index < -0.39 is 13.8 Å². The van der Waals surface area contributed by atoms with Crippen LogP contribution in [0, 0.1) is 32.2 Å². The topological polar surface area (TPSA) is 408 Å². The van der Waals surface area contributed by atoms with Crippen molar-refractivity contribution in [1.29, 1.82) is 5.26 Å². The first kappa shape index (κ1) is 76.7. The minimum atomic E-state index is -4.02. The number of urea groups is 1. The number of aromatic nitrogens is 6. The molecule has 3 fully saturated rings. The molecule has 6 heterocycles. The normalized spacial score (nSPS) is 14.2. The lowest BCUT2D eigenvalue weighted by Gasteiger charge is -2.28. The number of benzene rings is 5. The van der Waals surface area contributed by atoms with Crippen molar-refractivity contribution in [3.8, 4) is 17.7 Å². The lowest BCUT2D eigenvalue weighted by molar-refractivity contribution is -0.117. The third kappa shape index (κ3) is 27.1. The Balaban J connectivity index is 0.000000187. The summed E-state index contributed by atoms with van der Waals surface area (Å²) in [5, 5.41) is 28.1. The molecule has 0 atom stereocenters. The predicted octanol–water partition coefficient (Wildman–Crippen LogP) is 8.33. The van der Waals surface area contributed by atoms with Crippen LogP contribution in [0.4, 0.5) is 39.7 Å². The number of nitriles is 1. The standard InChI is InChI=1S/C31H34N7O4P.C22H26N8O2.C20H26N8O2/c1-24-12-14-25(15-13-24)16-17-33-28-22-30(38-18-20-40-21-19-38)36-29(35-28)23-34-31(32)37-43(39,41-26-8-4-2-5-9-26)42-27-10-6-3-7-11-27;1-16-3-5-18(6-4-16)7-8-24-19-13-21(30-9-11-32-12-10-30)29-20(28-19)14-25-22(26-15-23)27-17(2)31;1-14-2-4-15(5-3-14)6-7-23-16-12-18(28-8-10-30-11-9-28)26-17(25-16)13-24-19(21)27-20(22)29/h2-17,22H,18-21,23H2,1H3,(H,33,35,36)(H3,32,34,37,39);3-8,13H,9-12,14H2,1-2H3,(H,24,28,29)(H2,25,26,27,31);2-7,12H,8-11,13H2,1H3,(H,23,25,26)(H5,21,22,24,27,29)/b17-16+;8-7+;7-6+. The zero-order chi connectivity index (χ0) is 74.0. The summed E-state index contributed by atoms with van der Waals surface area (Å²) in [6.07, 6.45) is 13.1. The van der Waals surface area contributed by atoms with E-state index in [-0.39, 0.29) is 43.4 Å². The first-order valence-electron chi connectivity index (χ1n) is 33.6. The van der Waals surface area contributed by atoms with Gasteiger partial charge in [0.1, 0.15) is 66.0 Å². The molecule has 32 heteroatoms. The largest absolute Gasteiger partial charge is 0.544 e. The van der Waals surface area contributed by atoms with E-state index in [2.05, 4.69) is 142 Å². The number of aryl methyl sites for hydroxylation is 3. The number of nitrogens with two attached hydrogens (primary N) is 3. The van der Waals surface area contributed by atoms with Crippen LogP contribution in [0.5, 0.6) is 11.5 Å². The van der Waals surface area contributed by atoms with Gasteiger partial charge in [-0.1, -0.05) is 126 Å². The number of hydrogen-bond donors (Lipinski definition) is 10. The molecule has 3 aliphatic heterocycles. The summed E-state index contributed by atoms with van der Waals surface area (Å²) in [7, 11) is -4.02. The first-order chi connectivity index (χ1) is 51.0. The highest BCUT2D eigenvalue weighted by Crippen LogP contribution is 2.44. The van der Waals surface area contributed by atoms with Crippen molar-refractivity contribution in [3.05, 3.63) is 221 Å². The Morgan fingerprint density at radius 1 is 0.505 bits per heavy atom. The summed E-state index contributed by atoms with van der Waals surface area (Å²) in [5.41, 5.74) is 23.7. The predicted molar refractivity (Wildman–Crippen MR) is 409 cm³/mol. The lowest BCUT2D eigenvalue weighted by Crippen LogP contribution is -2.40. The van der Waals surface area contributed by atoms with Gasteiger partial charge in [0.2, 0.25) is 11.9 Å². The fourth-order valence-corrected chi connectivity index (χ4v) is 11.2. The molecule has 3 amide bonds. The SMILES string of the molecule is CC(=O)NC(=NCc1nc(N/C=C/c2ccc(C)cc2)cc(N2CCOCC2)n1)NC#N.Cc1ccc(/C=C/Nc2cc(N3CCOCC3)nc(CN=C(N)NC(N)=O)n2)cc1.Cc1ccc(/C=C/Nc2cc(N3CCOCC3)nc(CN=C(N)NP(=O)(Oc3ccccc3)Oc3ccccc3)n2)cc1. The van der Waals surface area contributed by atoms with Crippen molar-refractivity contribution >= 4 is 90.7 Å². The van der Waals surface area contributed by atoms with Gasteiger partial charge in [0.05, 0.1) is 39.6 Å². The number of nitrogens with one attached hydrogen (secondary N) is 7. The van der Waals surface area contributed by atoms with Gasteiger partial charge < -0.3 is 71.1 Å². The Kier molecular flexibility index (Phi) is 29.4. The number of nitrogens with zero attached hydrogens (tertiary/aromatic N) is 13. The third-order valence-corrected chi connectivity index (χ3v) is 16.5. The molecular formula is C73H86N23O8P. The molecule has 8 aromatic rings. The van der Waals surface area contributed by atoms with E-state index in [4.69, 9.17) is 50.7 Å². The number of morpholine rings is 3. The fourth-order valence-electron chi connectivity index (χ4n) is 9.89. The van der Waals surface area contributed by atoms with Crippen molar-refractivity contribution in [2.24, 2.45) is 32.2 Å². The number of carbonyl (C=O) groups is 2. The molecule has 3 aromatic heterocycles. The molecule has 0 unspecified atom stereocenters. The van der Waals surface area contributed by atoms with Gasteiger partial charge in [-0.25, -0.2) is 59.3 Å². The Labute approximate surface area is 609 Å². The number of primary amides is 1. The van der Waals surface area contributed by atoms with Crippen molar-refractivity contribution in [2.45, 2.75) is 47.3 Å². The average molecular weight is 1440 g/mol. The summed E-state index contributed by atoms with van der Waals surface area (Å²) in [4.78, 5) is 68.7. The molecular weight excluding hydrogens is 1360 g/mol. The number of para-hydroxylation sites is 2. The number of ether oxygens (including phenoxy) is 3. The Morgan fingerprint density at radius 3 is 1.18 bits per heavy atom. The maximum atomic E-state index is 13.8. The molecule has 3 aliphatic rings. The van der Waals surface area contributed by atoms with Gasteiger partial charge in [0.15, 0.2) is 35.6 Å². The van der Waals surface area contributed by atoms with Crippen LogP contribution in [0.3, 0.4) is 0 Å². The summed E-state index contributed by atoms with van der Waals surface area (Å²) >= 11 is 0. The van der Waals surface area contributed by atoms with Crippen LogP contribution >= 0.6 is 7.75 Å². The van der Waals surface area contributed by atoms with Crippen molar-refractivity contribution < 1.29 is 37.4 Å². The summed E-state index contributed by atoms with van der Waals surface area (Å²) in [6, 6.07) is 46.8. The number of anilines is 6. The quantitative estimate of drug-likeness (QED) is 0.00945. The second-order valence-electron chi connectivity index (χ2n) is 23.4. The molecule has 3 saturated heterocycles. The van der Waals surface area contributed by atoms with Crippen molar-refractivity contribution in [1.82, 2.24) is 50.9 Å². The van der Waals surface area contributed by atoms with Gasteiger partial charge in [0, 0.05) is 83.0 Å². The van der Waals surface area contributed by atoms with Crippen molar-refractivity contribution in [3.63, 3.8) is 0 Å².